The van der Waals surface area contributed by atoms with Crippen molar-refractivity contribution in [2.24, 2.45) is 0 Å². The number of halogens is 1. The third-order valence-corrected chi connectivity index (χ3v) is 2.69. The van der Waals surface area contributed by atoms with Crippen LogP contribution >= 0.6 is 11.6 Å². The van der Waals surface area contributed by atoms with Gasteiger partial charge >= 0.3 is 0 Å². The van der Waals surface area contributed by atoms with Crippen molar-refractivity contribution < 1.29 is 9.53 Å². The van der Waals surface area contributed by atoms with Crippen molar-refractivity contribution in [2.75, 3.05) is 11.9 Å². The van der Waals surface area contributed by atoms with Gasteiger partial charge in [-0.25, -0.2) is 0 Å². The molecule has 1 N–H and O–H groups in total. The number of ether oxygens (including phenoxy) is 1. The molecule has 1 amide bonds. The summed E-state index contributed by atoms with van der Waals surface area (Å²) in [5.74, 6) is 0.246. The number of para-hydroxylation sites is 1. The van der Waals surface area contributed by atoms with E-state index in [0.29, 0.717) is 16.5 Å². The van der Waals surface area contributed by atoms with Crippen molar-refractivity contribution >= 4 is 23.2 Å². The van der Waals surface area contributed by atoms with E-state index in [4.69, 9.17) is 16.3 Å². The van der Waals surface area contributed by atoms with Crippen molar-refractivity contribution in [3.8, 4) is 5.75 Å². The van der Waals surface area contributed by atoms with Crippen LogP contribution < -0.4 is 10.1 Å². The van der Waals surface area contributed by atoms with Gasteiger partial charge in [0.25, 0.3) is 5.91 Å². The number of anilines is 1. The Morgan fingerprint density at radius 3 is 2.89 bits per heavy atom. The van der Waals surface area contributed by atoms with E-state index in [1.807, 2.05) is 6.92 Å². The van der Waals surface area contributed by atoms with Crippen LogP contribution in [0.25, 0.3) is 0 Å². The van der Waals surface area contributed by atoms with Crippen LogP contribution in [-0.4, -0.2) is 17.5 Å². The largest absolute Gasteiger partial charge is 0.482 e. The number of amides is 1. The molecular formula is C14H13ClN2O2. The van der Waals surface area contributed by atoms with Crippen LogP contribution in [0.1, 0.15) is 5.69 Å². The number of pyridine rings is 1. The lowest BCUT2D eigenvalue weighted by atomic mass is 10.3. The van der Waals surface area contributed by atoms with Crippen LogP contribution in [0.5, 0.6) is 5.75 Å². The van der Waals surface area contributed by atoms with Gasteiger partial charge in [-0.3, -0.25) is 9.78 Å². The minimum Gasteiger partial charge on any atom is -0.482 e. The average Bonchev–Trinajstić information content (AvgIpc) is 2.38. The Morgan fingerprint density at radius 2 is 2.16 bits per heavy atom. The molecule has 4 nitrogen and oxygen atoms in total. The number of nitrogens with zero attached hydrogens (tertiary/aromatic N) is 1. The normalized spacial score (nSPS) is 10.0. The van der Waals surface area contributed by atoms with Gasteiger partial charge in [0.2, 0.25) is 0 Å². The Kier molecular flexibility index (Phi) is 4.36. The molecule has 5 heteroatoms. The fourth-order valence-electron chi connectivity index (χ4n) is 1.53. The van der Waals surface area contributed by atoms with Crippen molar-refractivity contribution in [2.45, 2.75) is 6.92 Å². The number of hydrogen-bond donors (Lipinski definition) is 1. The van der Waals surface area contributed by atoms with Crippen molar-refractivity contribution in [3.63, 3.8) is 0 Å². The molecule has 0 spiro atoms. The maximum Gasteiger partial charge on any atom is 0.262 e. The van der Waals surface area contributed by atoms with Gasteiger partial charge in [-0.05, 0) is 31.2 Å². The number of aryl methyl sites for hydroxylation is 1. The zero-order valence-electron chi connectivity index (χ0n) is 10.4. The molecule has 1 aromatic carbocycles. The van der Waals surface area contributed by atoms with Crippen LogP contribution in [0.15, 0.2) is 42.6 Å². The molecule has 0 aliphatic carbocycles. The molecule has 0 aliphatic rings. The maximum atomic E-state index is 11.7. The van der Waals surface area contributed by atoms with Gasteiger partial charge < -0.3 is 10.1 Å². The fraction of sp³-hybridized carbons (Fsp3) is 0.143. The summed E-state index contributed by atoms with van der Waals surface area (Å²) < 4.78 is 5.34. The van der Waals surface area contributed by atoms with Gasteiger partial charge in [-0.2, -0.15) is 0 Å². The predicted octanol–water partition coefficient (Wildman–Crippen LogP) is 3.06. The van der Waals surface area contributed by atoms with Crippen molar-refractivity contribution in [1.29, 1.82) is 0 Å². The monoisotopic (exact) mass is 276 g/mol. The minimum atomic E-state index is -0.245. The Hall–Kier alpha value is -2.07. The number of hydrogen-bond acceptors (Lipinski definition) is 3. The first kappa shape index (κ1) is 13.4. The highest BCUT2D eigenvalue weighted by Crippen LogP contribution is 2.22. The quantitative estimate of drug-likeness (QED) is 0.934. The average molecular weight is 277 g/mol. The number of rotatable bonds is 4. The Bertz CT molecular complexity index is 587. The predicted molar refractivity (Wildman–Crippen MR) is 74.6 cm³/mol. The second-order valence-corrected chi connectivity index (χ2v) is 4.36. The summed E-state index contributed by atoms with van der Waals surface area (Å²) in [6, 6.07) is 10.5. The van der Waals surface area contributed by atoms with Crippen LogP contribution in [0.3, 0.4) is 0 Å². The summed E-state index contributed by atoms with van der Waals surface area (Å²) in [6.07, 6.45) is 1.64. The standard InChI is InChI=1S/C14H13ClN2O2/c1-10-8-11(6-7-16-10)17-14(18)9-19-13-5-3-2-4-12(13)15/h2-8H,9H2,1H3,(H,16,17,18). The zero-order chi connectivity index (χ0) is 13.7. The molecule has 19 heavy (non-hydrogen) atoms. The fourth-order valence-corrected chi connectivity index (χ4v) is 1.72. The van der Waals surface area contributed by atoms with Crippen LogP contribution in [-0.2, 0) is 4.79 Å². The number of nitrogens with one attached hydrogen (secondary N) is 1. The van der Waals surface area contributed by atoms with Crippen molar-refractivity contribution in [1.82, 2.24) is 4.98 Å². The Morgan fingerprint density at radius 1 is 1.37 bits per heavy atom. The molecule has 98 valence electrons. The van der Waals surface area contributed by atoms with Crippen LogP contribution in [0, 0.1) is 6.92 Å². The summed E-state index contributed by atoms with van der Waals surface area (Å²) in [5.41, 5.74) is 1.53. The van der Waals surface area contributed by atoms with Gasteiger partial charge in [0.1, 0.15) is 5.75 Å². The molecule has 0 radical (unpaired) electrons. The van der Waals surface area contributed by atoms with E-state index in [9.17, 15) is 4.79 Å². The topological polar surface area (TPSA) is 51.2 Å². The van der Waals surface area contributed by atoms with E-state index in [1.54, 1.807) is 42.6 Å². The lowest BCUT2D eigenvalue weighted by Crippen LogP contribution is -2.20. The molecule has 0 saturated heterocycles. The van der Waals surface area contributed by atoms with Gasteiger partial charge in [0, 0.05) is 17.6 Å². The maximum absolute atomic E-state index is 11.7. The molecule has 1 heterocycles. The molecule has 2 rings (SSSR count). The summed E-state index contributed by atoms with van der Waals surface area (Å²) >= 11 is 5.92. The van der Waals surface area contributed by atoms with Gasteiger partial charge in [-0.15, -0.1) is 0 Å². The highest BCUT2D eigenvalue weighted by atomic mass is 35.5. The third-order valence-electron chi connectivity index (χ3n) is 2.38. The molecule has 0 unspecified atom stereocenters. The first-order chi connectivity index (χ1) is 9.15. The van der Waals surface area contributed by atoms with E-state index >= 15 is 0 Å². The summed E-state index contributed by atoms with van der Waals surface area (Å²) in [5, 5.41) is 3.21. The van der Waals surface area contributed by atoms with E-state index in [2.05, 4.69) is 10.3 Å². The highest BCUT2D eigenvalue weighted by Gasteiger charge is 2.06. The van der Waals surface area contributed by atoms with E-state index in [0.717, 1.165) is 5.69 Å². The molecule has 2 aromatic rings. The summed E-state index contributed by atoms with van der Waals surface area (Å²) in [7, 11) is 0. The highest BCUT2D eigenvalue weighted by molar-refractivity contribution is 6.32. The summed E-state index contributed by atoms with van der Waals surface area (Å²) in [4.78, 5) is 15.8. The molecule has 0 aliphatic heterocycles. The Balaban J connectivity index is 1.90. The van der Waals surface area contributed by atoms with Crippen LogP contribution in [0.2, 0.25) is 5.02 Å². The molecular weight excluding hydrogens is 264 g/mol. The zero-order valence-corrected chi connectivity index (χ0v) is 11.1. The van der Waals surface area contributed by atoms with Crippen molar-refractivity contribution in [3.05, 3.63) is 53.3 Å². The number of carbonyl (C=O) groups excluding carboxylic acids is 1. The number of benzene rings is 1. The van der Waals surface area contributed by atoms with E-state index < -0.39 is 0 Å². The first-order valence-electron chi connectivity index (χ1n) is 5.75. The number of carbonyl (C=O) groups is 1. The van der Waals surface area contributed by atoms with Crippen LogP contribution in [0.4, 0.5) is 5.69 Å². The van der Waals surface area contributed by atoms with Gasteiger partial charge in [0.05, 0.1) is 5.02 Å². The molecule has 0 atom stereocenters. The van der Waals surface area contributed by atoms with Gasteiger partial charge in [-0.1, -0.05) is 23.7 Å². The van der Waals surface area contributed by atoms with E-state index in [-0.39, 0.29) is 12.5 Å². The minimum absolute atomic E-state index is 0.0922. The molecule has 0 bridgehead atoms. The smallest absolute Gasteiger partial charge is 0.262 e. The second kappa shape index (κ2) is 6.20. The lowest BCUT2D eigenvalue weighted by Gasteiger charge is -2.08. The lowest BCUT2D eigenvalue weighted by molar-refractivity contribution is -0.118. The second-order valence-electron chi connectivity index (χ2n) is 3.95. The third kappa shape index (κ3) is 3.96. The van der Waals surface area contributed by atoms with Gasteiger partial charge in [0.15, 0.2) is 6.61 Å². The SMILES string of the molecule is Cc1cc(NC(=O)COc2ccccc2Cl)ccn1. The molecule has 0 saturated carbocycles. The first-order valence-corrected chi connectivity index (χ1v) is 6.13. The molecule has 1 aromatic heterocycles. The Labute approximate surface area is 116 Å². The van der Waals surface area contributed by atoms with E-state index in [1.165, 1.54) is 0 Å². The molecule has 0 fully saturated rings. The number of aromatic nitrogens is 1. The summed E-state index contributed by atoms with van der Waals surface area (Å²) in [6.45, 7) is 1.76.